The Balaban J connectivity index is 4.84. The van der Waals surface area contributed by atoms with Crippen LogP contribution in [0.2, 0.25) is 0 Å². The highest BCUT2D eigenvalue weighted by Crippen LogP contribution is 2.13. The first kappa shape index (κ1) is 11.9. The summed E-state index contributed by atoms with van der Waals surface area (Å²) in [6.07, 6.45) is 0. The standard InChI is InChI=1S/C8H8N2O4/c1-13-7(11)5(3-9)6(4-10)8(12)14-2/h5-6H,1-2H3/t5-,6-/m1/s1. The molecule has 0 saturated carbocycles. The van der Waals surface area contributed by atoms with Crippen molar-refractivity contribution in [3.05, 3.63) is 0 Å². The second-order valence-corrected chi connectivity index (χ2v) is 2.26. The predicted molar refractivity (Wildman–Crippen MR) is 42.2 cm³/mol. The van der Waals surface area contributed by atoms with Crippen LogP contribution in [0.15, 0.2) is 0 Å². The van der Waals surface area contributed by atoms with E-state index in [4.69, 9.17) is 10.5 Å². The van der Waals surface area contributed by atoms with Crippen molar-refractivity contribution in [2.24, 2.45) is 11.8 Å². The summed E-state index contributed by atoms with van der Waals surface area (Å²) >= 11 is 0. The van der Waals surface area contributed by atoms with Gasteiger partial charge in [-0.2, -0.15) is 10.5 Å². The van der Waals surface area contributed by atoms with E-state index in [1.807, 2.05) is 0 Å². The molecule has 0 bridgehead atoms. The first-order valence-corrected chi connectivity index (χ1v) is 3.57. The number of esters is 2. The third-order valence-electron chi connectivity index (χ3n) is 1.52. The van der Waals surface area contributed by atoms with Crippen LogP contribution in [0, 0.1) is 34.5 Å². The molecule has 0 aromatic carbocycles. The lowest BCUT2D eigenvalue weighted by atomic mass is 9.95. The molecule has 0 aliphatic rings. The van der Waals surface area contributed by atoms with Gasteiger partial charge in [-0.05, 0) is 0 Å². The fourth-order valence-electron chi connectivity index (χ4n) is 0.781. The van der Waals surface area contributed by atoms with Crippen molar-refractivity contribution in [3.8, 4) is 12.1 Å². The van der Waals surface area contributed by atoms with Crippen LogP contribution in [0.25, 0.3) is 0 Å². The van der Waals surface area contributed by atoms with Gasteiger partial charge in [-0.1, -0.05) is 0 Å². The van der Waals surface area contributed by atoms with Crippen LogP contribution in [0.4, 0.5) is 0 Å². The first-order chi connectivity index (χ1) is 6.62. The number of nitriles is 2. The smallest absolute Gasteiger partial charge is 0.325 e. The molecular weight excluding hydrogens is 188 g/mol. The van der Waals surface area contributed by atoms with E-state index in [1.54, 1.807) is 0 Å². The molecule has 0 saturated heterocycles. The summed E-state index contributed by atoms with van der Waals surface area (Å²) in [5, 5.41) is 17.1. The maximum Gasteiger partial charge on any atom is 0.325 e. The SMILES string of the molecule is COC(=O)[C@H](C#N)[C@@H](C#N)C(=O)OC. The lowest BCUT2D eigenvalue weighted by Gasteiger charge is -2.10. The Morgan fingerprint density at radius 2 is 1.29 bits per heavy atom. The zero-order chi connectivity index (χ0) is 11.1. The van der Waals surface area contributed by atoms with Gasteiger partial charge in [0, 0.05) is 0 Å². The lowest BCUT2D eigenvalue weighted by Crippen LogP contribution is -2.29. The van der Waals surface area contributed by atoms with E-state index in [0.29, 0.717) is 0 Å². The van der Waals surface area contributed by atoms with Gasteiger partial charge in [0.1, 0.15) is 0 Å². The Bertz CT molecular complexity index is 280. The lowest BCUT2D eigenvalue weighted by molar-refractivity contribution is -0.153. The van der Waals surface area contributed by atoms with Crippen LogP contribution < -0.4 is 0 Å². The van der Waals surface area contributed by atoms with Gasteiger partial charge in [0.2, 0.25) is 0 Å². The zero-order valence-electron chi connectivity index (χ0n) is 7.68. The topological polar surface area (TPSA) is 100 Å². The van der Waals surface area contributed by atoms with Gasteiger partial charge in [0.15, 0.2) is 11.8 Å². The van der Waals surface area contributed by atoms with Crippen LogP contribution >= 0.6 is 0 Å². The molecule has 0 spiro atoms. The average molecular weight is 196 g/mol. The number of carbonyl (C=O) groups is 2. The molecule has 0 radical (unpaired) electrons. The van der Waals surface area contributed by atoms with Crippen molar-refractivity contribution < 1.29 is 19.1 Å². The highest BCUT2D eigenvalue weighted by molar-refractivity contribution is 5.85. The highest BCUT2D eigenvalue weighted by Gasteiger charge is 2.35. The molecule has 6 nitrogen and oxygen atoms in total. The molecule has 2 atom stereocenters. The highest BCUT2D eigenvalue weighted by atomic mass is 16.5. The number of hydrogen-bond acceptors (Lipinski definition) is 6. The largest absolute Gasteiger partial charge is 0.468 e. The molecule has 0 heterocycles. The number of hydrogen-bond donors (Lipinski definition) is 0. The zero-order valence-corrected chi connectivity index (χ0v) is 7.68. The summed E-state index contributed by atoms with van der Waals surface area (Å²) in [5.41, 5.74) is 0. The molecular formula is C8H8N2O4. The number of rotatable bonds is 3. The normalized spacial score (nSPS) is 12.9. The molecule has 0 amide bonds. The number of carbonyl (C=O) groups excluding carboxylic acids is 2. The third kappa shape index (κ3) is 2.46. The minimum Gasteiger partial charge on any atom is -0.468 e. The minimum atomic E-state index is -1.45. The van der Waals surface area contributed by atoms with E-state index in [2.05, 4.69) is 9.47 Å². The third-order valence-corrected chi connectivity index (χ3v) is 1.52. The fourth-order valence-corrected chi connectivity index (χ4v) is 0.781. The fraction of sp³-hybridized carbons (Fsp3) is 0.500. The molecule has 0 N–H and O–H groups in total. The Morgan fingerprint density at radius 3 is 1.43 bits per heavy atom. The molecule has 0 unspecified atom stereocenters. The van der Waals surface area contributed by atoms with Crippen molar-refractivity contribution in [1.82, 2.24) is 0 Å². The van der Waals surface area contributed by atoms with Crippen LogP contribution in [-0.4, -0.2) is 26.2 Å². The quantitative estimate of drug-likeness (QED) is 0.570. The first-order valence-electron chi connectivity index (χ1n) is 3.57. The summed E-state index contributed by atoms with van der Waals surface area (Å²) in [7, 11) is 2.14. The Kier molecular flexibility index (Phi) is 4.72. The van der Waals surface area contributed by atoms with E-state index >= 15 is 0 Å². The summed E-state index contributed by atoms with van der Waals surface area (Å²) in [6, 6.07) is 3.04. The van der Waals surface area contributed by atoms with E-state index < -0.39 is 23.8 Å². The number of methoxy groups -OCH3 is 2. The van der Waals surface area contributed by atoms with Crippen molar-refractivity contribution in [2.75, 3.05) is 14.2 Å². The van der Waals surface area contributed by atoms with Crippen LogP contribution in [-0.2, 0) is 19.1 Å². The summed E-state index contributed by atoms with van der Waals surface area (Å²) < 4.78 is 8.52. The minimum absolute atomic E-state index is 0.926. The predicted octanol–water partition coefficient (Wildman–Crippen LogP) is -0.388. The number of ether oxygens (including phenoxy) is 2. The van der Waals surface area contributed by atoms with Gasteiger partial charge in [0.05, 0.1) is 26.4 Å². The van der Waals surface area contributed by atoms with E-state index in [-0.39, 0.29) is 0 Å². The second-order valence-electron chi connectivity index (χ2n) is 2.26. The molecule has 0 aromatic heterocycles. The van der Waals surface area contributed by atoms with Crippen LogP contribution in [0.3, 0.4) is 0 Å². The summed E-state index contributed by atoms with van der Waals surface area (Å²) in [4.78, 5) is 21.9. The van der Waals surface area contributed by atoms with Crippen molar-refractivity contribution >= 4 is 11.9 Å². The van der Waals surface area contributed by atoms with Crippen LogP contribution in [0.5, 0.6) is 0 Å². The Morgan fingerprint density at radius 1 is 1.00 bits per heavy atom. The molecule has 0 aliphatic heterocycles. The molecule has 0 rings (SSSR count). The molecule has 0 aromatic rings. The van der Waals surface area contributed by atoms with Crippen molar-refractivity contribution in [1.29, 1.82) is 10.5 Å². The van der Waals surface area contributed by atoms with Crippen molar-refractivity contribution in [3.63, 3.8) is 0 Å². The Hall–Kier alpha value is -2.08. The van der Waals surface area contributed by atoms with Gasteiger partial charge in [-0.3, -0.25) is 9.59 Å². The molecule has 0 fully saturated rings. The van der Waals surface area contributed by atoms with Crippen LogP contribution in [0.1, 0.15) is 0 Å². The van der Waals surface area contributed by atoms with Gasteiger partial charge < -0.3 is 9.47 Å². The van der Waals surface area contributed by atoms with E-state index in [1.165, 1.54) is 12.1 Å². The molecule has 74 valence electrons. The second kappa shape index (κ2) is 5.55. The van der Waals surface area contributed by atoms with E-state index in [9.17, 15) is 9.59 Å². The Labute approximate surface area is 80.6 Å². The maximum absolute atomic E-state index is 11.0. The molecule has 14 heavy (non-hydrogen) atoms. The summed E-state index contributed by atoms with van der Waals surface area (Å²) in [5.74, 6) is -4.75. The van der Waals surface area contributed by atoms with Gasteiger partial charge in [0.25, 0.3) is 0 Å². The molecule has 0 aliphatic carbocycles. The maximum atomic E-state index is 11.0. The molecule has 6 heteroatoms. The number of nitrogens with zero attached hydrogens (tertiary/aromatic N) is 2. The van der Waals surface area contributed by atoms with Crippen molar-refractivity contribution in [2.45, 2.75) is 0 Å². The van der Waals surface area contributed by atoms with E-state index in [0.717, 1.165) is 14.2 Å². The van der Waals surface area contributed by atoms with Gasteiger partial charge >= 0.3 is 11.9 Å². The monoisotopic (exact) mass is 196 g/mol. The van der Waals surface area contributed by atoms with Gasteiger partial charge in [-0.25, -0.2) is 0 Å². The summed E-state index contributed by atoms with van der Waals surface area (Å²) in [6.45, 7) is 0. The average Bonchev–Trinajstić information content (AvgIpc) is 2.23. The van der Waals surface area contributed by atoms with Gasteiger partial charge in [-0.15, -0.1) is 0 Å².